The Hall–Kier alpha value is -2.43. The summed E-state index contributed by atoms with van der Waals surface area (Å²) in [5, 5.41) is 16.8. The third-order valence-corrected chi connectivity index (χ3v) is 1.86. The molecule has 0 bridgehead atoms. The zero-order valence-electron chi connectivity index (χ0n) is 8.41. The van der Waals surface area contributed by atoms with Crippen molar-refractivity contribution in [2.45, 2.75) is 0 Å². The van der Waals surface area contributed by atoms with Crippen molar-refractivity contribution in [1.82, 2.24) is 4.98 Å². The Labute approximate surface area is 92.5 Å². The lowest BCUT2D eigenvalue weighted by molar-refractivity contribution is 0.474. The van der Waals surface area contributed by atoms with Gasteiger partial charge in [-0.2, -0.15) is 0 Å². The molecule has 0 radical (unpaired) electrons. The van der Waals surface area contributed by atoms with E-state index in [1.165, 1.54) is 12.3 Å². The molecule has 1 aromatic heterocycles. The summed E-state index contributed by atoms with van der Waals surface area (Å²) in [5.74, 6) is 0.187. The smallest absolute Gasteiger partial charge is 0.218 e. The Morgan fingerprint density at radius 1 is 1.06 bits per heavy atom. The SMILES string of the molecule is Oc1cccnc1N=NNc1ccccc1. The van der Waals surface area contributed by atoms with Crippen molar-refractivity contribution >= 4 is 11.5 Å². The lowest BCUT2D eigenvalue weighted by Gasteiger charge is -1.97. The van der Waals surface area contributed by atoms with Gasteiger partial charge >= 0.3 is 0 Å². The first-order chi connectivity index (χ1) is 7.86. The van der Waals surface area contributed by atoms with Crippen molar-refractivity contribution in [1.29, 1.82) is 0 Å². The fourth-order valence-electron chi connectivity index (χ4n) is 1.11. The zero-order valence-corrected chi connectivity index (χ0v) is 8.41. The fraction of sp³-hybridized carbons (Fsp3) is 0. The maximum absolute atomic E-state index is 9.36. The van der Waals surface area contributed by atoms with Crippen molar-refractivity contribution in [2.75, 3.05) is 5.43 Å². The number of aromatic hydroxyl groups is 1. The van der Waals surface area contributed by atoms with Gasteiger partial charge in [0.05, 0.1) is 5.69 Å². The summed E-state index contributed by atoms with van der Waals surface area (Å²) in [4.78, 5) is 3.86. The normalized spacial score (nSPS) is 10.5. The van der Waals surface area contributed by atoms with E-state index in [1.807, 2.05) is 30.3 Å². The quantitative estimate of drug-likeness (QED) is 0.609. The molecule has 0 atom stereocenters. The summed E-state index contributed by atoms with van der Waals surface area (Å²) in [7, 11) is 0. The van der Waals surface area contributed by atoms with Crippen molar-refractivity contribution in [3.8, 4) is 5.75 Å². The first kappa shape index (κ1) is 10.1. The maximum atomic E-state index is 9.36. The van der Waals surface area contributed by atoms with Gasteiger partial charge in [0.25, 0.3) is 0 Å². The molecule has 80 valence electrons. The van der Waals surface area contributed by atoms with Crippen LogP contribution >= 0.6 is 0 Å². The molecule has 0 unspecified atom stereocenters. The van der Waals surface area contributed by atoms with E-state index in [2.05, 4.69) is 20.7 Å². The molecule has 5 heteroatoms. The topological polar surface area (TPSA) is 69.9 Å². The first-order valence-corrected chi connectivity index (χ1v) is 4.72. The van der Waals surface area contributed by atoms with E-state index >= 15 is 0 Å². The van der Waals surface area contributed by atoms with Gasteiger partial charge in [-0.3, -0.25) is 5.43 Å². The third-order valence-electron chi connectivity index (χ3n) is 1.86. The van der Waals surface area contributed by atoms with Crippen molar-refractivity contribution < 1.29 is 5.11 Å². The highest BCUT2D eigenvalue weighted by atomic mass is 16.3. The van der Waals surface area contributed by atoms with Crippen LogP contribution in [0.15, 0.2) is 59.0 Å². The Balaban J connectivity index is 2.03. The van der Waals surface area contributed by atoms with Crippen LogP contribution in [-0.4, -0.2) is 10.1 Å². The standard InChI is InChI=1S/C11H10N4O/c16-10-7-4-8-12-11(10)14-15-13-9-5-2-1-3-6-9/h1-8,16H,(H,12,13,14). The molecule has 1 aromatic carbocycles. The van der Waals surface area contributed by atoms with Gasteiger partial charge in [0.2, 0.25) is 5.82 Å². The van der Waals surface area contributed by atoms with Crippen LogP contribution < -0.4 is 5.43 Å². The van der Waals surface area contributed by atoms with Gasteiger partial charge in [-0.05, 0) is 24.3 Å². The summed E-state index contributed by atoms with van der Waals surface area (Å²) in [6.07, 6.45) is 1.54. The third kappa shape index (κ3) is 2.54. The highest BCUT2D eigenvalue weighted by Gasteiger charge is 1.97. The number of aromatic nitrogens is 1. The van der Waals surface area contributed by atoms with E-state index < -0.39 is 0 Å². The molecule has 2 rings (SSSR count). The second kappa shape index (κ2) is 4.88. The van der Waals surface area contributed by atoms with Gasteiger partial charge in [0.15, 0.2) is 5.75 Å². The van der Waals surface area contributed by atoms with Crippen LogP contribution in [0.1, 0.15) is 0 Å². The number of rotatable bonds is 3. The van der Waals surface area contributed by atoms with Crippen molar-refractivity contribution in [3.05, 3.63) is 48.7 Å². The van der Waals surface area contributed by atoms with Crippen molar-refractivity contribution in [3.63, 3.8) is 0 Å². The van der Waals surface area contributed by atoms with Crippen LogP contribution in [0.2, 0.25) is 0 Å². The highest BCUT2D eigenvalue weighted by Crippen LogP contribution is 2.21. The number of para-hydroxylation sites is 1. The summed E-state index contributed by atoms with van der Waals surface area (Å²) in [6.45, 7) is 0. The van der Waals surface area contributed by atoms with Gasteiger partial charge in [0, 0.05) is 6.20 Å². The van der Waals surface area contributed by atoms with E-state index in [4.69, 9.17) is 0 Å². The highest BCUT2D eigenvalue weighted by molar-refractivity contribution is 5.43. The van der Waals surface area contributed by atoms with Crippen LogP contribution in [-0.2, 0) is 0 Å². The Morgan fingerprint density at radius 3 is 2.62 bits per heavy atom. The average molecular weight is 214 g/mol. The summed E-state index contributed by atoms with van der Waals surface area (Å²) < 4.78 is 0. The molecular formula is C11H10N4O. The Kier molecular flexibility index (Phi) is 3.08. The number of hydrogen-bond donors (Lipinski definition) is 2. The summed E-state index contributed by atoms with van der Waals surface area (Å²) in [5.41, 5.74) is 3.55. The number of pyridine rings is 1. The molecule has 1 heterocycles. The van der Waals surface area contributed by atoms with Gasteiger partial charge in [-0.25, -0.2) is 4.98 Å². The number of nitrogens with zero attached hydrogens (tertiary/aromatic N) is 3. The molecule has 0 spiro atoms. The van der Waals surface area contributed by atoms with Crippen LogP contribution in [0, 0.1) is 0 Å². The lowest BCUT2D eigenvalue weighted by Crippen LogP contribution is -1.85. The largest absolute Gasteiger partial charge is 0.504 e. The zero-order chi connectivity index (χ0) is 11.2. The Morgan fingerprint density at radius 2 is 1.88 bits per heavy atom. The number of hydrogen-bond acceptors (Lipinski definition) is 4. The number of anilines is 1. The van der Waals surface area contributed by atoms with Crippen LogP contribution in [0.3, 0.4) is 0 Å². The van der Waals surface area contributed by atoms with Gasteiger partial charge in [0.1, 0.15) is 0 Å². The maximum Gasteiger partial charge on any atom is 0.218 e. The molecular weight excluding hydrogens is 204 g/mol. The monoisotopic (exact) mass is 214 g/mol. The molecule has 0 fully saturated rings. The van der Waals surface area contributed by atoms with E-state index in [-0.39, 0.29) is 11.6 Å². The van der Waals surface area contributed by atoms with E-state index in [1.54, 1.807) is 6.07 Å². The van der Waals surface area contributed by atoms with Crippen molar-refractivity contribution in [2.24, 2.45) is 10.3 Å². The van der Waals surface area contributed by atoms with E-state index in [9.17, 15) is 5.11 Å². The predicted molar refractivity (Wildman–Crippen MR) is 60.5 cm³/mol. The van der Waals surface area contributed by atoms with Gasteiger partial charge < -0.3 is 5.11 Å². The molecule has 0 amide bonds. The first-order valence-electron chi connectivity index (χ1n) is 4.72. The molecule has 0 aliphatic carbocycles. The van der Waals surface area contributed by atoms with E-state index in [0.29, 0.717) is 0 Å². The molecule has 2 aromatic rings. The molecule has 2 N–H and O–H groups in total. The number of benzene rings is 1. The second-order valence-corrected chi connectivity index (χ2v) is 3.02. The molecule has 0 aliphatic rings. The predicted octanol–water partition coefficient (Wildman–Crippen LogP) is 2.90. The average Bonchev–Trinajstić information content (AvgIpc) is 2.33. The fourth-order valence-corrected chi connectivity index (χ4v) is 1.11. The van der Waals surface area contributed by atoms with E-state index in [0.717, 1.165) is 5.69 Å². The molecule has 0 aliphatic heterocycles. The lowest BCUT2D eigenvalue weighted by atomic mass is 10.3. The summed E-state index contributed by atoms with van der Waals surface area (Å²) in [6, 6.07) is 12.5. The minimum atomic E-state index is 0.00103. The number of nitrogens with one attached hydrogen (secondary N) is 1. The van der Waals surface area contributed by atoms with Gasteiger partial charge in [-0.1, -0.05) is 23.4 Å². The molecule has 5 nitrogen and oxygen atoms in total. The second-order valence-electron chi connectivity index (χ2n) is 3.02. The molecule has 0 saturated carbocycles. The van der Waals surface area contributed by atoms with Crippen LogP contribution in [0.5, 0.6) is 5.75 Å². The minimum absolute atomic E-state index is 0.00103. The minimum Gasteiger partial charge on any atom is -0.504 e. The van der Waals surface area contributed by atoms with Crippen LogP contribution in [0.4, 0.5) is 11.5 Å². The molecule has 0 saturated heterocycles. The summed E-state index contributed by atoms with van der Waals surface area (Å²) >= 11 is 0. The molecule has 16 heavy (non-hydrogen) atoms. The Bertz CT molecular complexity index is 484. The van der Waals surface area contributed by atoms with Crippen LogP contribution in [0.25, 0.3) is 0 Å². The van der Waals surface area contributed by atoms with Gasteiger partial charge in [-0.15, -0.1) is 5.11 Å².